The molecule has 2 bridgehead atoms. The highest BCUT2D eigenvalue weighted by Crippen LogP contribution is 2.40. The molecule has 2 fully saturated rings. The van der Waals surface area contributed by atoms with Gasteiger partial charge in [0.25, 0.3) is 0 Å². The lowest BCUT2D eigenvalue weighted by Gasteiger charge is -2.35. The maximum atomic E-state index is 15.1. The Bertz CT molecular complexity index is 1490. The fourth-order valence-electron chi connectivity index (χ4n) is 5.99. The lowest BCUT2D eigenvalue weighted by Crippen LogP contribution is -2.57. The van der Waals surface area contributed by atoms with Gasteiger partial charge in [-0.25, -0.2) is 14.8 Å². The number of carbonyl (C=O) groups is 4. The van der Waals surface area contributed by atoms with E-state index < -0.39 is 78.1 Å². The van der Waals surface area contributed by atoms with Crippen molar-refractivity contribution in [2.45, 2.75) is 90.5 Å². The van der Waals surface area contributed by atoms with Gasteiger partial charge in [0.05, 0.1) is 30.7 Å². The molecular formula is C31H38F2N4O7. The number of fused-ring (bicyclic) bond motifs is 5. The predicted molar refractivity (Wildman–Crippen MR) is 153 cm³/mol. The molecule has 2 aromatic rings. The van der Waals surface area contributed by atoms with Crippen molar-refractivity contribution in [2.75, 3.05) is 13.7 Å². The number of alkyl carbamates (subject to hydrolysis) is 1. The zero-order chi connectivity index (χ0) is 32.1. The van der Waals surface area contributed by atoms with Gasteiger partial charge in [-0.05, 0) is 30.9 Å². The van der Waals surface area contributed by atoms with Crippen LogP contribution in [0.2, 0.25) is 0 Å². The molecule has 2 aliphatic heterocycles. The quantitative estimate of drug-likeness (QED) is 0.533. The minimum atomic E-state index is -3.66. The van der Waals surface area contributed by atoms with E-state index in [2.05, 4.69) is 15.3 Å². The number of methoxy groups -OCH3 is 1. The number of benzene rings is 1. The zero-order valence-electron chi connectivity index (χ0n) is 25.7. The van der Waals surface area contributed by atoms with Gasteiger partial charge in [0, 0.05) is 37.2 Å². The predicted octanol–water partition coefficient (Wildman–Crippen LogP) is 3.89. The molecule has 3 heterocycles. The maximum absolute atomic E-state index is 15.1. The van der Waals surface area contributed by atoms with E-state index in [1.807, 2.05) is 0 Å². The Labute approximate surface area is 254 Å². The van der Waals surface area contributed by atoms with E-state index >= 15 is 8.78 Å². The minimum absolute atomic E-state index is 0.0236. The number of ether oxygens (including phenoxy) is 3. The molecule has 2 amide bonds. The number of aromatic nitrogens is 2. The Balaban J connectivity index is 1.57. The van der Waals surface area contributed by atoms with Gasteiger partial charge >= 0.3 is 12.0 Å². The molecular weight excluding hydrogens is 578 g/mol. The number of hydrogen-bond acceptors (Lipinski definition) is 9. The minimum Gasteiger partial charge on any atom is -0.497 e. The molecule has 1 aromatic carbocycles. The molecule has 6 atom stereocenters. The lowest BCUT2D eigenvalue weighted by atomic mass is 9.85. The van der Waals surface area contributed by atoms with Crippen LogP contribution in [0.25, 0.3) is 11.0 Å². The monoisotopic (exact) mass is 616 g/mol. The highest BCUT2D eigenvalue weighted by Gasteiger charge is 2.51. The Kier molecular flexibility index (Phi) is 8.27. The molecule has 238 valence electrons. The van der Waals surface area contributed by atoms with Crippen molar-refractivity contribution >= 4 is 34.6 Å². The first kappa shape index (κ1) is 31.5. The van der Waals surface area contributed by atoms with Crippen molar-refractivity contribution in [1.29, 1.82) is 0 Å². The van der Waals surface area contributed by atoms with Crippen LogP contribution in [0.5, 0.6) is 11.6 Å². The van der Waals surface area contributed by atoms with E-state index in [0.29, 0.717) is 16.8 Å². The van der Waals surface area contributed by atoms with Gasteiger partial charge in [0.15, 0.2) is 5.78 Å². The molecule has 1 aromatic heterocycles. The number of nitrogens with zero attached hydrogens (tertiary/aromatic N) is 3. The molecule has 1 aliphatic carbocycles. The average Bonchev–Trinajstić information content (AvgIpc) is 3.58. The standard InChI is InChI=1S/C31H38F2N4O7/c1-15-23-14-37(25(15)16(2)38)28(40)26(30(3,4)5)36-29(41)44-22-11-17(22)12-24(39)31(32,33)10-9-20-27(43-23)35-21-13-18(42-6)7-8-19(21)34-20/h7-8,13,15,17,22-23,25-26H,9-12,14H2,1-6H3,(H,36,41)/t15-,17+,22-,23+,25+,26-/m1/s1. The van der Waals surface area contributed by atoms with Gasteiger partial charge in [-0.2, -0.15) is 8.78 Å². The second kappa shape index (κ2) is 11.6. The summed E-state index contributed by atoms with van der Waals surface area (Å²) in [6.07, 6.45) is -3.70. The number of halogens is 2. The van der Waals surface area contributed by atoms with Gasteiger partial charge in [-0.15, -0.1) is 0 Å². The normalized spacial score (nSPS) is 29.4. The Hall–Kier alpha value is -3.90. The first-order valence-corrected chi connectivity index (χ1v) is 14.8. The number of rotatable bonds is 2. The molecule has 11 nitrogen and oxygen atoms in total. The summed E-state index contributed by atoms with van der Waals surface area (Å²) in [5, 5.41) is 2.63. The Morgan fingerprint density at radius 2 is 1.84 bits per heavy atom. The highest BCUT2D eigenvalue weighted by molar-refractivity contribution is 5.92. The van der Waals surface area contributed by atoms with Crippen LogP contribution in [0.4, 0.5) is 13.6 Å². The number of aryl methyl sites for hydroxylation is 1. The number of nitrogens with one attached hydrogen (secondary N) is 1. The van der Waals surface area contributed by atoms with Crippen molar-refractivity contribution < 1.29 is 42.2 Å². The highest BCUT2D eigenvalue weighted by atomic mass is 19.3. The first-order valence-electron chi connectivity index (χ1n) is 14.8. The first-order chi connectivity index (χ1) is 20.6. The SMILES string of the molecule is COc1ccc2nc3c(nc2c1)O[C@H]1CN(C(=O)[C@H](C(C)(C)C)NC(=O)O[C@@H]2C[C@H]2CC(=O)C(F)(F)CC3)[C@H](C(C)=O)[C@@H]1C. The number of carbonyl (C=O) groups excluding carboxylic acids is 4. The van der Waals surface area contributed by atoms with Gasteiger partial charge in [-0.1, -0.05) is 27.7 Å². The fraction of sp³-hybridized carbons (Fsp3) is 0.613. The van der Waals surface area contributed by atoms with Crippen LogP contribution >= 0.6 is 0 Å². The number of Topliss-reactive ketones (excluding diaryl/α,β-unsaturated/α-hetero) is 2. The molecule has 5 rings (SSSR count). The molecule has 1 saturated heterocycles. The Morgan fingerprint density at radius 1 is 1.11 bits per heavy atom. The number of alkyl halides is 2. The largest absolute Gasteiger partial charge is 0.497 e. The van der Waals surface area contributed by atoms with Crippen molar-refractivity contribution in [3.63, 3.8) is 0 Å². The van der Waals surface area contributed by atoms with Crippen molar-refractivity contribution in [3.05, 3.63) is 23.9 Å². The molecule has 0 spiro atoms. The molecule has 13 heteroatoms. The van der Waals surface area contributed by atoms with Crippen molar-refractivity contribution in [3.8, 4) is 11.6 Å². The topological polar surface area (TPSA) is 137 Å². The van der Waals surface area contributed by atoms with E-state index in [0.717, 1.165) is 0 Å². The second-order valence-electron chi connectivity index (χ2n) is 13.1. The number of ketones is 2. The third-order valence-electron chi connectivity index (χ3n) is 8.69. The lowest BCUT2D eigenvalue weighted by molar-refractivity contribution is -0.144. The molecule has 0 radical (unpaired) electrons. The van der Waals surface area contributed by atoms with Crippen LogP contribution in [0.1, 0.15) is 59.6 Å². The van der Waals surface area contributed by atoms with Gasteiger partial charge < -0.3 is 24.4 Å². The van der Waals surface area contributed by atoms with Crippen LogP contribution in [-0.4, -0.2) is 82.3 Å². The van der Waals surface area contributed by atoms with Crippen LogP contribution in [0.3, 0.4) is 0 Å². The van der Waals surface area contributed by atoms with Crippen molar-refractivity contribution in [1.82, 2.24) is 20.2 Å². The summed E-state index contributed by atoms with van der Waals surface area (Å²) < 4.78 is 47.3. The molecule has 0 unspecified atom stereocenters. The molecule has 3 aliphatic rings. The van der Waals surface area contributed by atoms with Gasteiger partial charge in [-0.3, -0.25) is 14.4 Å². The summed E-state index contributed by atoms with van der Waals surface area (Å²) >= 11 is 0. The molecule has 44 heavy (non-hydrogen) atoms. The second-order valence-corrected chi connectivity index (χ2v) is 13.1. The van der Waals surface area contributed by atoms with Crippen LogP contribution in [0, 0.1) is 17.3 Å². The van der Waals surface area contributed by atoms with Crippen molar-refractivity contribution in [2.24, 2.45) is 17.3 Å². The summed E-state index contributed by atoms with van der Waals surface area (Å²) in [4.78, 5) is 63.0. The van der Waals surface area contributed by atoms with Gasteiger partial charge in [0.2, 0.25) is 17.6 Å². The summed E-state index contributed by atoms with van der Waals surface area (Å²) in [5.41, 5.74) is 0.159. The third kappa shape index (κ3) is 6.32. The van der Waals surface area contributed by atoms with Crippen LogP contribution in [-0.2, 0) is 25.5 Å². The van der Waals surface area contributed by atoms with E-state index in [1.54, 1.807) is 45.9 Å². The fourth-order valence-corrected chi connectivity index (χ4v) is 5.99. The summed E-state index contributed by atoms with van der Waals surface area (Å²) in [7, 11) is 1.50. The Morgan fingerprint density at radius 3 is 2.50 bits per heavy atom. The van der Waals surface area contributed by atoms with Crippen LogP contribution < -0.4 is 14.8 Å². The summed E-state index contributed by atoms with van der Waals surface area (Å²) in [5.74, 6) is -6.24. The smallest absolute Gasteiger partial charge is 0.408 e. The summed E-state index contributed by atoms with van der Waals surface area (Å²) in [6.45, 7) is 8.42. The number of amides is 2. The molecule has 1 saturated carbocycles. The number of hydrogen-bond donors (Lipinski definition) is 1. The van der Waals surface area contributed by atoms with E-state index in [1.165, 1.54) is 18.9 Å². The zero-order valence-corrected chi connectivity index (χ0v) is 25.7. The van der Waals surface area contributed by atoms with E-state index in [-0.39, 0.29) is 36.7 Å². The molecule has 1 N–H and O–H groups in total. The maximum Gasteiger partial charge on any atom is 0.408 e. The third-order valence-corrected chi connectivity index (χ3v) is 8.69. The average molecular weight is 617 g/mol. The van der Waals surface area contributed by atoms with E-state index in [9.17, 15) is 19.2 Å². The van der Waals surface area contributed by atoms with Crippen LogP contribution in [0.15, 0.2) is 18.2 Å². The summed E-state index contributed by atoms with van der Waals surface area (Å²) in [6, 6.07) is 3.00. The van der Waals surface area contributed by atoms with Gasteiger partial charge in [0.1, 0.15) is 29.7 Å². The van der Waals surface area contributed by atoms with E-state index in [4.69, 9.17) is 14.2 Å².